The average molecular weight is 191 g/mol. The maximum Gasteiger partial charge on any atom is 0.262 e. The summed E-state index contributed by atoms with van der Waals surface area (Å²) in [4.78, 5) is 21.5. The molecule has 0 atom stereocenters. The van der Waals surface area contributed by atoms with E-state index in [4.69, 9.17) is 5.11 Å². The van der Waals surface area contributed by atoms with Gasteiger partial charge in [0.2, 0.25) is 0 Å². The molecule has 4 nitrogen and oxygen atoms in total. The summed E-state index contributed by atoms with van der Waals surface area (Å²) >= 11 is 0. The van der Waals surface area contributed by atoms with E-state index in [0.717, 1.165) is 0 Å². The van der Waals surface area contributed by atoms with Gasteiger partial charge in [0, 0.05) is 5.69 Å². The number of aldehydes is 1. The summed E-state index contributed by atoms with van der Waals surface area (Å²) < 4.78 is 0. The van der Waals surface area contributed by atoms with Crippen LogP contribution >= 0.6 is 0 Å². The third-order valence-electron chi connectivity index (χ3n) is 1.56. The van der Waals surface area contributed by atoms with Crippen LogP contribution in [0.1, 0.15) is 0 Å². The highest BCUT2D eigenvalue weighted by Gasteiger charge is 2.07. The molecule has 0 aliphatic heterocycles. The Hall–Kier alpha value is -2.10. The van der Waals surface area contributed by atoms with E-state index in [1.165, 1.54) is 0 Å². The number of rotatable bonds is 3. The number of nitrogens with one attached hydrogen (secondary N) is 1. The summed E-state index contributed by atoms with van der Waals surface area (Å²) in [6, 6.07) is 8.66. The van der Waals surface area contributed by atoms with Gasteiger partial charge < -0.3 is 10.4 Å². The number of anilines is 1. The van der Waals surface area contributed by atoms with E-state index in [-0.39, 0.29) is 11.9 Å². The molecule has 0 aromatic heterocycles. The molecule has 1 amide bonds. The molecular weight excluding hydrogens is 182 g/mol. The predicted molar refractivity (Wildman–Crippen MR) is 51.8 cm³/mol. The molecule has 1 rings (SSSR count). The van der Waals surface area contributed by atoms with Gasteiger partial charge in [-0.2, -0.15) is 0 Å². The third kappa shape index (κ3) is 2.45. The molecule has 14 heavy (non-hydrogen) atoms. The highest BCUT2D eigenvalue weighted by Crippen LogP contribution is 2.06. The van der Waals surface area contributed by atoms with E-state index in [1.807, 2.05) is 0 Å². The molecule has 1 aromatic carbocycles. The van der Waals surface area contributed by atoms with E-state index in [0.29, 0.717) is 11.9 Å². The Bertz CT molecular complexity index is 357. The summed E-state index contributed by atoms with van der Waals surface area (Å²) in [7, 11) is 0. The van der Waals surface area contributed by atoms with E-state index < -0.39 is 5.91 Å². The van der Waals surface area contributed by atoms with Crippen molar-refractivity contribution in [3.05, 3.63) is 42.2 Å². The van der Waals surface area contributed by atoms with E-state index in [2.05, 4.69) is 5.32 Å². The summed E-state index contributed by atoms with van der Waals surface area (Å²) in [5.74, 6) is -0.631. The molecule has 0 unspecified atom stereocenters. The second-order valence-corrected chi connectivity index (χ2v) is 2.52. The Labute approximate surface area is 80.9 Å². The topological polar surface area (TPSA) is 66.4 Å². The Balaban J connectivity index is 2.71. The van der Waals surface area contributed by atoms with Crippen LogP contribution in [0, 0.1) is 0 Å². The Morgan fingerprint density at radius 3 is 2.43 bits per heavy atom. The minimum Gasteiger partial charge on any atom is -0.515 e. The molecule has 0 heterocycles. The second-order valence-electron chi connectivity index (χ2n) is 2.52. The Kier molecular flexibility index (Phi) is 3.43. The van der Waals surface area contributed by atoms with Crippen LogP contribution in [0.3, 0.4) is 0 Å². The fraction of sp³-hybridized carbons (Fsp3) is 0. The van der Waals surface area contributed by atoms with Crippen molar-refractivity contribution in [1.82, 2.24) is 0 Å². The van der Waals surface area contributed by atoms with Gasteiger partial charge >= 0.3 is 0 Å². The first kappa shape index (κ1) is 9.98. The minimum atomic E-state index is -0.631. The molecule has 0 aliphatic rings. The van der Waals surface area contributed by atoms with Crippen LogP contribution in [0.4, 0.5) is 5.69 Å². The molecule has 0 radical (unpaired) electrons. The molecule has 0 fully saturated rings. The van der Waals surface area contributed by atoms with Gasteiger partial charge in [0.25, 0.3) is 5.91 Å². The molecule has 4 heteroatoms. The van der Waals surface area contributed by atoms with Crippen molar-refractivity contribution in [3.8, 4) is 0 Å². The normalized spacial score (nSPS) is 10.7. The standard InChI is InChI=1S/C10H9NO3/c12-6-8(7-13)10(14)11-9-4-2-1-3-5-9/h1-7,12H,(H,11,14)/b8-6+. The number of aliphatic hydroxyl groups is 1. The fourth-order valence-electron chi connectivity index (χ4n) is 0.867. The van der Waals surface area contributed by atoms with Crippen molar-refractivity contribution in [3.63, 3.8) is 0 Å². The highest BCUT2D eigenvalue weighted by molar-refractivity contribution is 6.16. The van der Waals surface area contributed by atoms with Gasteiger partial charge in [-0.3, -0.25) is 9.59 Å². The molecule has 0 spiro atoms. The van der Waals surface area contributed by atoms with Crippen LogP contribution in [0.2, 0.25) is 0 Å². The molecule has 2 N–H and O–H groups in total. The number of hydrogen-bond acceptors (Lipinski definition) is 3. The van der Waals surface area contributed by atoms with Gasteiger partial charge in [0.1, 0.15) is 5.57 Å². The Morgan fingerprint density at radius 1 is 1.29 bits per heavy atom. The minimum absolute atomic E-state index is 0.290. The first-order valence-corrected chi connectivity index (χ1v) is 3.94. The highest BCUT2D eigenvalue weighted by atomic mass is 16.2. The fourth-order valence-corrected chi connectivity index (χ4v) is 0.867. The molecule has 1 aromatic rings. The third-order valence-corrected chi connectivity index (χ3v) is 1.56. The molecular formula is C10H9NO3. The molecule has 0 bridgehead atoms. The van der Waals surface area contributed by atoms with E-state index in [1.54, 1.807) is 30.3 Å². The first-order chi connectivity index (χ1) is 6.77. The number of benzene rings is 1. The zero-order valence-corrected chi connectivity index (χ0v) is 7.31. The number of hydrogen-bond donors (Lipinski definition) is 2. The van der Waals surface area contributed by atoms with Gasteiger partial charge in [-0.25, -0.2) is 0 Å². The summed E-state index contributed by atoms with van der Waals surface area (Å²) in [6.07, 6.45) is 0.767. The number of amides is 1. The maximum absolute atomic E-state index is 11.2. The van der Waals surface area contributed by atoms with Crippen molar-refractivity contribution < 1.29 is 14.7 Å². The molecule has 0 aliphatic carbocycles. The summed E-state index contributed by atoms with van der Waals surface area (Å²) in [5, 5.41) is 11.0. The predicted octanol–water partition coefficient (Wildman–Crippen LogP) is 1.27. The van der Waals surface area contributed by atoms with Crippen LogP contribution in [0.15, 0.2) is 42.2 Å². The van der Waals surface area contributed by atoms with Crippen LogP contribution in [-0.4, -0.2) is 17.3 Å². The van der Waals surface area contributed by atoms with Gasteiger partial charge in [0.05, 0.1) is 6.26 Å². The molecule has 0 saturated heterocycles. The van der Waals surface area contributed by atoms with E-state index >= 15 is 0 Å². The number of aliphatic hydroxyl groups excluding tert-OH is 1. The Morgan fingerprint density at radius 2 is 1.93 bits per heavy atom. The average Bonchev–Trinajstić information content (AvgIpc) is 2.21. The smallest absolute Gasteiger partial charge is 0.262 e. The molecule has 0 saturated carbocycles. The zero-order chi connectivity index (χ0) is 10.4. The van der Waals surface area contributed by atoms with Crippen LogP contribution < -0.4 is 5.32 Å². The quantitative estimate of drug-likeness (QED) is 0.248. The van der Waals surface area contributed by atoms with E-state index in [9.17, 15) is 9.59 Å². The first-order valence-electron chi connectivity index (χ1n) is 3.94. The second kappa shape index (κ2) is 4.81. The monoisotopic (exact) mass is 191 g/mol. The van der Waals surface area contributed by atoms with Crippen LogP contribution in [0.5, 0.6) is 0 Å². The maximum atomic E-state index is 11.2. The lowest BCUT2D eigenvalue weighted by Crippen LogP contribution is -2.15. The van der Waals surface area contributed by atoms with Crippen molar-refractivity contribution in [2.45, 2.75) is 0 Å². The van der Waals surface area contributed by atoms with Crippen molar-refractivity contribution >= 4 is 17.9 Å². The SMILES string of the molecule is O=C/C(=C\O)C(=O)Nc1ccccc1. The van der Waals surface area contributed by atoms with Gasteiger partial charge in [0.15, 0.2) is 6.29 Å². The summed E-state index contributed by atoms with van der Waals surface area (Å²) in [5.41, 5.74) is 0.257. The lowest BCUT2D eigenvalue weighted by Gasteiger charge is -2.02. The number of para-hydroxylation sites is 1. The van der Waals surface area contributed by atoms with Crippen molar-refractivity contribution in [2.24, 2.45) is 0 Å². The number of carbonyl (C=O) groups excluding carboxylic acids is 2. The largest absolute Gasteiger partial charge is 0.515 e. The lowest BCUT2D eigenvalue weighted by molar-refractivity contribution is -0.115. The number of carbonyl (C=O) groups is 2. The molecule has 72 valence electrons. The van der Waals surface area contributed by atoms with Crippen molar-refractivity contribution in [1.29, 1.82) is 0 Å². The zero-order valence-electron chi connectivity index (χ0n) is 7.31. The van der Waals surface area contributed by atoms with Gasteiger partial charge in [-0.1, -0.05) is 18.2 Å². The van der Waals surface area contributed by atoms with Gasteiger partial charge in [-0.05, 0) is 12.1 Å². The van der Waals surface area contributed by atoms with Gasteiger partial charge in [-0.15, -0.1) is 0 Å². The summed E-state index contributed by atoms with van der Waals surface area (Å²) in [6.45, 7) is 0. The van der Waals surface area contributed by atoms with Crippen molar-refractivity contribution in [2.75, 3.05) is 5.32 Å². The van der Waals surface area contributed by atoms with Crippen LogP contribution in [-0.2, 0) is 9.59 Å². The van der Waals surface area contributed by atoms with Crippen LogP contribution in [0.25, 0.3) is 0 Å². The lowest BCUT2D eigenvalue weighted by atomic mass is 10.2.